The van der Waals surface area contributed by atoms with Gasteiger partial charge in [-0.2, -0.15) is 0 Å². The molecule has 1 atom stereocenters. The Morgan fingerprint density at radius 2 is 1.88 bits per heavy atom. The summed E-state index contributed by atoms with van der Waals surface area (Å²) in [6.45, 7) is 13.4. The van der Waals surface area contributed by atoms with Gasteiger partial charge in [-0.05, 0) is 70.2 Å². The average molecular weight is 360 g/mol. The summed E-state index contributed by atoms with van der Waals surface area (Å²) in [6.07, 6.45) is 2.81. The van der Waals surface area contributed by atoms with E-state index in [0.29, 0.717) is 13.1 Å². The molecule has 0 radical (unpaired) electrons. The molecule has 2 aliphatic heterocycles. The maximum Gasteiger partial charge on any atom is 0.410 e. The summed E-state index contributed by atoms with van der Waals surface area (Å²) in [6, 6.07) is 4.48. The van der Waals surface area contributed by atoms with Crippen molar-refractivity contribution >= 4 is 11.8 Å². The largest absolute Gasteiger partial charge is 0.487 e. The minimum absolute atomic E-state index is 0.205. The molecule has 1 unspecified atom stereocenters. The van der Waals surface area contributed by atoms with Crippen LogP contribution in [0.1, 0.15) is 52.2 Å². The zero-order chi connectivity index (χ0) is 18.9. The van der Waals surface area contributed by atoms with E-state index in [1.54, 1.807) is 0 Å². The molecule has 0 saturated heterocycles. The van der Waals surface area contributed by atoms with Gasteiger partial charge in [-0.1, -0.05) is 6.92 Å². The van der Waals surface area contributed by atoms with E-state index in [1.165, 1.54) is 16.8 Å². The summed E-state index contributed by atoms with van der Waals surface area (Å²) in [5.74, 6) is 0.988. The highest BCUT2D eigenvalue weighted by atomic mass is 16.6. The van der Waals surface area contributed by atoms with Gasteiger partial charge in [0, 0.05) is 19.6 Å². The van der Waals surface area contributed by atoms with E-state index in [1.807, 2.05) is 25.7 Å². The second kappa shape index (κ2) is 7.37. The normalized spacial score (nSPS) is 20.0. The molecule has 2 heterocycles. The summed E-state index contributed by atoms with van der Waals surface area (Å²) < 4.78 is 11.7. The van der Waals surface area contributed by atoms with Crippen LogP contribution in [0.3, 0.4) is 0 Å². The first-order valence-corrected chi connectivity index (χ1v) is 9.82. The smallest absolute Gasteiger partial charge is 0.410 e. The number of carbonyl (C=O) groups is 1. The quantitative estimate of drug-likeness (QED) is 0.799. The van der Waals surface area contributed by atoms with Crippen LogP contribution in [-0.2, 0) is 17.6 Å². The van der Waals surface area contributed by atoms with E-state index in [0.717, 1.165) is 38.1 Å². The van der Waals surface area contributed by atoms with Crippen molar-refractivity contribution in [3.05, 3.63) is 23.3 Å². The highest BCUT2D eigenvalue weighted by molar-refractivity contribution is 5.69. The molecule has 1 aromatic carbocycles. The fourth-order valence-electron chi connectivity index (χ4n) is 3.74. The number of ether oxygens (including phenoxy) is 2. The van der Waals surface area contributed by atoms with Crippen LogP contribution in [0.2, 0.25) is 0 Å². The van der Waals surface area contributed by atoms with Gasteiger partial charge in [-0.25, -0.2) is 4.79 Å². The van der Waals surface area contributed by atoms with Gasteiger partial charge in [0.1, 0.15) is 17.5 Å². The Morgan fingerprint density at radius 3 is 2.50 bits per heavy atom. The number of hydrogen-bond acceptors (Lipinski definition) is 4. The molecule has 1 aromatic rings. The predicted octanol–water partition coefficient (Wildman–Crippen LogP) is 4.02. The molecule has 1 amide bonds. The van der Waals surface area contributed by atoms with Crippen molar-refractivity contribution in [2.75, 3.05) is 31.1 Å². The van der Waals surface area contributed by atoms with E-state index >= 15 is 0 Å². The molecule has 2 aliphatic rings. The molecule has 0 fully saturated rings. The van der Waals surface area contributed by atoms with Gasteiger partial charge >= 0.3 is 6.09 Å². The molecular weight excluding hydrogens is 328 g/mol. The van der Waals surface area contributed by atoms with Crippen molar-refractivity contribution in [2.24, 2.45) is 0 Å². The predicted molar refractivity (Wildman–Crippen MR) is 104 cm³/mol. The lowest BCUT2D eigenvalue weighted by atomic mass is 10.00. The van der Waals surface area contributed by atoms with Crippen LogP contribution in [0.25, 0.3) is 0 Å². The molecule has 0 aliphatic carbocycles. The van der Waals surface area contributed by atoms with Crippen LogP contribution < -0.4 is 9.64 Å². The summed E-state index contributed by atoms with van der Waals surface area (Å²) in [4.78, 5) is 16.7. The summed E-state index contributed by atoms with van der Waals surface area (Å²) in [7, 11) is 0. The van der Waals surface area contributed by atoms with Gasteiger partial charge in [0.2, 0.25) is 0 Å². The Morgan fingerprint density at radius 1 is 1.23 bits per heavy atom. The lowest BCUT2D eigenvalue weighted by Gasteiger charge is -2.35. The summed E-state index contributed by atoms with van der Waals surface area (Å²) in [5.41, 5.74) is 3.36. The fraction of sp³-hybridized carbons (Fsp3) is 0.667. The molecule has 0 N–H and O–H groups in total. The van der Waals surface area contributed by atoms with Crippen LogP contribution >= 0.6 is 0 Å². The second-order valence-electron chi connectivity index (χ2n) is 8.43. The van der Waals surface area contributed by atoms with E-state index in [-0.39, 0.29) is 12.2 Å². The van der Waals surface area contributed by atoms with E-state index < -0.39 is 5.60 Å². The monoisotopic (exact) mass is 360 g/mol. The van der Waals surface area contributed by atoms with Crippen molar-refractivity contribution in [3.8, 4) is 5.75 Å². The van der Waals surface area contributed by atoms with Gasteiger partial charge in [0.25, 0.3) is 0 Å². The topological polar surface area (TPSA) is 42.0 Å². The van der Waals surface area contributed by atoms with Crippen LogP contribution in [0.5, 0.6) is 5.75 Å². The summed E-state index contributed by atoms with van der Waals surface area (Å²) in [5, 5.41) is 0. The van der Waals surface area contributed by atoms with Crippen molar-refractivity contribution in [2.45, 2.75) is 65.6 Å². The average Bonchev–Trinajstić information content (AvgIpc) is 2.74. The second-order valence-corrected chi connectivity index (χ2v) is 8.43. The Labute approximate surface area is 157 Å². The lowest BCUT2D eigenvalue weighted by molar-refractivity contribution is 0.0258. The zero-order valence-corrected chi connectivity index (χ0v) is 16.8. The Kier molecular flexibility index (Phi) is 5.35. The molecule has 5 heteroatoms. The third-order valence-corrected chi connectivity index (χ3v) is 4.87. The van der Waals surface area contributed by atoms with Crippen LogP contribution in [0, 0.1) is 0 Å². The Hall–Kier alpha value is -1.91. The van der Waals surface area contributed by atoms with Crippen LogP contribution in [0.4, 0.5) is 10.5 Å². The SMILES string of the molecule is CCCN1CC(C)Oc2cc3c(cc21)CCN(C(=O)OC(C)(C)C)CC3. The Balaban J connectivity index is 1.79. The first-order chi connectivity index (χ1) is 12.3. The fourth-order valence-corrected chi connectivity index (χ4v) is 3.74. The number of amides is 1. The van der Waals surface area contributed by atoms with Gasteiger partial charge in [0.05, 0.1) is 12.2 Å². The highest BCUT2D eigenvalue weighted by Gasteiger charge is 2.27. The third kappa shape index (κ3) is 4.25. The maximum absolute atomic E-state index is 12.4. The molecule has 144 valence electrons. The molecular formula is C21H32N2O3. The number of anilines is 1. The number of carbonyl (C=O) groups excluding carboxylic acids is 1. The van der Waals surface area contributed by atoms with Crippen LogP contribution in [0.15, 0.2) is 12.1 Å². The van der Waals surface area contributed by atoms with E-state index in [2.05, 4.69) is 30.9 Å². The first kappa shape index (κ1) is 18.9. The third-order valence-electron chi connectivity index (χ3n) is 4.87. The number of fused-ring (bicyclic) bond motifs is 2. The van der Waals surface area contributed by atoms with Crippen molar-refractivity contribution < 1.29 is 14.3 Å². The first-order valence-electron chi connectivity index (χ1n) is 9.82. The Bertz CT molecular complexity index is 666. The maximum atomic E-state index is 12.4. The number of benzene rings is 1. The lowest BCUT2D eigenvalue weighted by Crippen LogP contribution is -2.39. The molecule has 0 saturated carbocycles. The minimum Gasteiger partial charge on any atom is -0.487 e. The standard InChI is InChI=1S/C21H32N2O3/c1-6-9-23-14-15(2)25-19-13-17-8-11-22(20(24)26-21(3,4)5)10-7-16(17)12-18(19)23/h12-13,15H,6-11,14H2,1-5H3. The molecule has 0 bridgehead atoms. The van der Waals surface area contributed by atoms with Crippen molar-refractivity contribution in [1.29, 1.82) is 0 Å². The van der Waals surface area contributed by atoms with Gasteiger partial charge in [0.15, 0.2) is 0 Å². The molecule has 3 rings (SSSR count). The van der Waals surface area contributed by atoms with E-state index in [4.69, 9.17) is 9.47 Å². The van der Waals surface area contributed by atoms with Gasteiger partial charge in [-0.3, -0.25) is 0 Å². The number of hydrogen-bond donors (Lipinski definition) is 0. The molecule has 26 heavy (non-hydrogen) atoms. The van der Waals surface area contributed by atoms with Gasteiger partial charge in [-0.15, -0.1) is 0 Å². The minimum atomic E-state index is -0.458. The molecule has 0 aromatic heterocycles. The number of rotatable bonds is 2. The molecule has 0 spiro atoms. The van der Waals surface area contributed by atoms with Gasteiger partial charge < -0.3 is 19.3 Å². The van der Waals surface area contributed by atoms with Crippen LogP contribution in [-0.4, -0.2) is 48.9 Å². The van der Waals surface area contributed by atoms with Crippen molar-refractivity contribution in [3.63, 3.8) is 0 Å². The highest BCUT2D eigenvalue weighted by Crippen LogP contribution is 2.37. The van der Waals surface area contributed by atoms with Crippen molar-refractivity contribution in [1.82, 2.24) is 4.90 Å². The molecule has 5 nitrogen and oxygen atoms in total. The number of nitrogens with zero attached hydrogens (tertiary/aromatic N) is 2. The zero-order valence-electron chi connectivity index (χ0n) is 16.8. The summed E-state index contributed by atoms with van der Waals surface area (Å²) >= 11 is 0. The van der Waals surface area contributed by atoms with E-state index in [9.17, 15) is 4.79 Å².